The van der Waals surface area contributed by atoms with Crippen molar-refractivity contribution >= 4 is 11.9 Å². The predicted molar refractivity (Wildman–Crippen MR) is 99.1 cm³/mol. The molecule has 0 aromatic heterocycles. The van der Waals surface area contributed by atoms with Crippen LogP contribution in [0.3, 0.4) is 0 Å². The van der Waals surface area contributed by atoms with Crippen LogP contribution in [0.15, 0.2) is 48.5 Å². The molecule has 4 rings (SSSR count). The molecule has 7 heteroatoms. The fraction of sp³-hybridized carbons (Fsp3) is 0.333. The van der Waals surface area contributed by atoms with E-state index in [4.69, 9.17) is 0 Å². The molecule has 146 valence electrons. The number of nitrogens with zero attached hydrogens (tertiary/aromatic N) is 2. The quantitative estimate of drug-likeness (QED) is 0.820. The number of urea groups is 1. The Kier molecular flexibility index (Phi) is 4.63. The van der Waals surface area contributed by atoms with Crippen LogP contribution in [-0.2, 0) is 10.3 Å². The Morgan fingerprint density at radius 2 is 1.86 bits per heavy atom. The Labute approximate surface area is 161 Å². The summed E-state index contributed by atoms with van der Waals surface area (Å²) in [4.78, 5) is 28.9. The van der Waals surface area contributed by atoms with Crippen molar-refractivity contribution in [3.05, 3.63) is 71.3 Å². The minimum absolute atomic E-state index is 0.136. The molecule has 2 fully saturated rings. The van der Waals surface area contributed by atoms with Crippen LogP contribution in [0.2, 0.25) is 0 Å². The third kappa shape index (κ3) is 3.05. The van der Waals surface area contributed by atoms with Crippen molar-refractivity contribution in [1.82, 2.24) is 15.1 Å². The van der Waals surface area contributed by atoms with Gasteiger partial charge in [-0.05, 0) is 43.0 Å². The number of imide groups is 1. The smallest absolute Gasteiger partial charge is 0.319 e. The zero-order chi connectivity index (χ0) is 19.9. The first-order valence-corrected chi connectivity index (χ1v) is 9.29. The molecule has 0 unspecified atom stereocenters. The molecule has 2 atom stereocenters. The molecular formula is C21H21F2N3O2. The molecular weight excluding hydrogens is 364 g/mol. The van der Waals surface area contributed by atoms with E-state index in [-0.39, 0.29) is 18.3 Å². The summed E-state index contributed by atoms with van der Waals surface area (Å²) in [5, 5.41) is 2.64. The van der Waals surface area contributed by atoms with E-state index in [1.54, 1.807) is 0 Å². The number of rotatable bonds is 4. The van der Waals surface area contributed by atoms with Crippen LogP contribution in [0.5, 0.6) is 0 Å². The number of likely N-dealkylation sites (tertiary alicyclic amines) is 1. The van der Waals surface area contributed by atoms with E-state index in [0.29, 0.717) is 0 Å². The van der Waals surface area contributed by atoms with Gasteiger partial charge in [0, 0.05) is 12.6 Å². The number of carbonyl (C=O) groups excluding carboxylic acids is 2. The van der Waals surface area contributed by atoms with E-state index >= 15 is 0 Å². The summed E-state index contributed by atoms with van der Waals surface area (Å²) >= 11 is 0. The van der Waals surface area contributed by atoms with Crippen molar-refractivity contribution < 1.29 is 18.4 Å². The minimum Gasteiger partial charge on any atom is -0.319 e. The van der Waals surface area contributed by atoms with Gasteiger partial charge in [-0.1, -0.05) is 36.4 Å². The van der Waals surface area contributed by atoms with E-state index in [0.717, 1.165) is 42.0 Å². The van der Waals surface area contributed by atoms with E-state index < -0.39 is 29.1 Å². The first-order valence-electron chi connectivity index (χ1n) is 9.29. The molecule has 1 N–H and O–H groups in total. The van der Waals surface area contributed by atoms with Gasteiger partial charge in [-0.2, -0.15) is 0 Å². The highest BCUT2D eigenvalue weighted by Gasteiger charge is 2.50. The summed E-state index contributed by atoms with van der Waals surface area (Å²) < 4.78 is 26.9. The van der Waals surface area contributed by atoms with Crippen molar-refractivity contribution in [3.8, 4) is 0 Å². The molecule has 2 aliphatic rings. The molecule has 2 saturated heterocycles. The average molecular weight is 385 g/mol. The molecule has 2 heterocycles. The zero-order valence-electron chi connectivity index (χ0n) is 15.5. The topological polar surface area (TPSA) is 52.7 Å². The Hall–Kier alpha value is -2.80. The van der Waals surface area contributed by atoms with Crippen molar-refractivity contribution in [2.75, 3.05) is 13.2 Å². The Bertz CT molecular complexity index is 921. The lowest BCUT2D eigenvalue weighted by Gasteiger charge is -2.29. The highest BCUT2D eigenvalue weighted by molar-refractivity contribution is 6.07. The number of amides is 3. The lowest BCUT2D eigenvalue weighted by atomic mass is 9.92. The second-order valence-corrected chi connectivity index (χ2v) is 7.44. The fourth-order valence-corrected chi connectivity index (χ4v) is 4.06. The van der Waals surface area contributed by atoms with E-state index in [9.17, 15) is 18.4 Å². The number of hydrogen-bond acceptors (Lipinski definition) is 3. The number of hydrogen-bond donors (Lipinski definition) is 1. The lowest BCUT2D eigenvalue weighted by Crippen LogP contribution is -2.43. The maximum atomic E-state index is 13.7. The molecule has 0 saturated carbocycles. The molecule has 2 aliphatic heterocycles. The monoisotopic (exact) mass is 385 g/mol. The molecule has 3 amide bonds. The SMILES string of the molecule is C[C@]1(c2ccc(F)c(F)c2)NC(=O)N(CN2CCC[C@@H]2c2ccccc2)C1=O. The van der Waals surface area contributed by atoms with Gasteiger partial charge in [0.1, 0.15) is 5.54 Å². The number of carbonyl (C=O) groups is 2. The Balaban J connectivity index is 1.56. The van der Waals surface area contributed by atoms with Crippen LogP contribution in [0.4, 0.5) is 13.6 Å². The average Bonchev–Trinajstić information content (AvgIpc) is 3.24. The molecule has 0 spiro atoms. The van der Waals surface area contributed by atoms with Crippen LogP contribution in [0, 0.1) is 11.6 Å². The second-order valence-electron chi connectivity index (χ2n) is 7.44. The van der Waals surface area contributed by atoms with Crippen molar-refractivity contribution in [1.29, 1.82) is 0 Å². The number of nitrogens with one attached hydrogen (secondary N) is 1. The summed E-state index contributed by atoms with van der Waals surface area (Å²) in [6.07, 6.45) is 1.93. The summed E-state index contributed by atoms with van der Waals surface area (Å²) in [5.41, 5.74) is -0.0585. The summed E-state index contributed by atoms with van der Waals surface area (Å²) in [5.74, 6) is -2.52. The van der Waals surface area contributed by atoms with Crippen LogP contribution >= 0.6 is 0 Å². The van der Waals surface area contributed by atoms with Gasteiger partial charge < -0.3 is 5.32 Å². The Morgan fingerprint density at radius 3 is 2.57 bits per heavy atom. The zero-order valence-corrected chi connectivity index (χ0v) is 15.5. The minimum atomic E-state index is -1.42. The number of benzene rings is 2. The van der Waals surface area contributed by atoms with E-state index in [1.165, 1.54) is 13.0 Å². The molecule has 0 bridgehead atoms. The van der Waals surface area contributed by atoms with Crippen LogP contribution < -0.4 is 5.32 Å². The molecule has 0 radical (unpaired) electrons. The first kappa shape index (κ1) is 18.6. The lowest BCUT2D eigenvalue weighted by molar-refractivity contribution is -0.132. The Morgan fingerprint density at radius 1 is 1.11 bits per heavy atom. The predicted octanol–water partition coefficient (Wildman–Crippen LogP) is 3.53. The maximum Gasteiger partial charge on any atom is 0.326 e. The van der Waals surface area contributed by atoms with Gasteiger partial charge in [-0.15, -0.1) is 0 Å². The number of halogens is 2. The van der Waals surface area contributed by atoms with Gasteiger partial charge in [0.15, 0.2) is 11.6 Å². The standard InChI is InChI=1S/C21H21F2N3O2/c1-21(15-9-10-16(22)17(23)12-15)19(27)26(20(28)24-21)13-25-11-5-8-18(25)14-6-3-2-4-7-14/h2-4,6-7,9-10,12,18H,5,8,11,13H2,1H3,(H,24,28)/t18-,21-/m1/s1. The molecule has 2 aromatic carbocycles. The maximum absolute atomic E-state index is 13.7. The van der Waals surface area contributed by atoms with Crippen LogP contribution in [-0.4, -0.2) is 35.0 Å². The molecule has 28 heavy (non-hydrogen) atoms. The summed E-state index contributed by atoms with van der Waals surface area (Å²) in [6.45, 7) is 2.45. The summed E-state index contributed by atoms with van der Waals surface area (Å²) in [6, 6.07) is 12.8. The second kappa shape index (κ2) is 6.98. The largest absolute Gasteiger partial charge is 0.326 e. The van der Waals surface area contributed by atoms with Gasteiger partial charge in [0.05, 0.1) is 6.67 Å². The highest BCUT2D eigenvalue weighted by atomic mass is 19.2. The van der Waals surface area contributed by atoms with Crippen molar-refractivity contribution in [2.24, 2.45) is 0 Å². The van der Waals surface area contributed by atoms with Crippen molar-refractivity contribution in [2.45, 2.75) is 31.3 Å². The summed E-state index contributed by atoms with van der Waals surface area (Å²) in [7, 11) is 0. The molecule has 5 nitrogen and oxygen atoms in total. The van der Waals surface area contributed by atoms with Gasteiger partial charge >= 0.3 is 6.03 Å². The van der Waals surface area contributed by atoms with Crippen LogP contribution in [0.25, 0.3) is 0 Å². The highest BCUT2D eigenvalue weighted by Crippen LogP contribution is 2.34. The van der Waals surface area contributed by atoms with Gasteiger partial charge in [0.25, 0.3) is 5.91 Å². The normalized spacial score (nSPS) is 25.4. The van der Waals surface area contributed by atoms with Crippen molar-refractivity contribution in [3.63, 3.8) is 0 Å². The van der Waals surface area contributed by atoms with Gasteiger partial charge in [-0.25, -0.2) is 18.5 Å². The van der Waals surface area contributed by atoms with Gasteiger partial charge in [0.2, 0.25) is 0 Å². The fourth-order valence-electron chi connectivity index (χ4n) is 4.06. The van der Waals surface area contributed by atoms with E-state index in [1.807, 2.05) is 30.3 Å². The molecule has 0 aliphatic carbocycles. The third-order valence-corrected chi connectivity index (χ3v) is 5.64. The first-order chi connectivity index (χ1) is 13.4. The van der Waals surface area contributed by atoms with Crippen LogP contribution in [0.1, 0.15) is 36.9 Å². The molecule has 2 aromatic rings. The third-order valence-electron chi connectivity index (χ3n) is 5.64. The van der Waals surface area contributed by atoms with Gasteiger partial charge in [-0.3, -0.25) is 9.69 Å². The van der Waals surface area contributed by atoms with E-state index in [2.05, 4.69) is 10.2 Å².